The van der Waals surface area contributed by atoms with Gasteiger partial charge in [-0.3, -0.25) is 4.79 Å². The van der Waals surface area contributed by atoms with E-state index in [4.69, 9.17) is 0 Å². The lowest BCUT2D eigenvalue weighted by Gasteiger charge is -2.12. The third-order valence-corrected chi connectivity index (χ3v) is 4.04. The summed E-state index contributed by atoms with van der Waals surface area (Å²) in [5.74, 6) is 0.542. The highest BCUT2D eigenvalue weighted by Gasteiger charge is 2.09. The van der Waals surface area contributed by atoms with Crippen LogP contribution in [0.3, 0.4) is 0 Å². The Morgan fingerprint density at radius 2 is 1.73 bits per heavy atom. The Balaban J connectivity index is 1.71. The fraction of sp³-hybridized carbons (Fsp3) is 0.350. The number of hydrogen-bond donors (Lipinski definition) is 1. The largest absolute Gasteiger partial charge is 0.352 e. The van der Waals surface area contributed by atoms with Crippen LogP contribution in [0.25, 0.3) is 0 Å². The maximum absolute atomic E-state index is 12.0. The molecular weight excluding hydrogens is 270 g/mol. The van der Waals surface area contributed by atoms with Crippen molar-refractivity contribution in [3.63, 3.8) is 0 Å². The summed E-state index contributed by atoms with van der Waals surface area (Å²) in [6.45, 7) is 4.84. The lowest BCUT2D eigenvalue weighted by Crippen LogP contribution is -2.25. The van der Waals surface area contributed by atoms with Gasteiger partial charge in [-0.25, -0.2) is 0 Å². The summed E-state index contributed by atoms with van der Waals surface area (Å²) in [4.78, 5) is 12.0. The summed E-state index contributed by atoms with van der Waals surface area (Å²) in [6, 6.07) is 18.6. The van der Waals surface area contributed by atoms with Gasteiger partial charge in [0.25, 0.3) is 0 Å². The molecule has 2 nitrogen and oxygen atoms in total. The van der Waals surface area contributed by atoms with Crippen LogP contribution in [0.15, 0.2) is 54.6 Å². The van der Waals surface area contributed by atoms with Gasteiger partial charge < -0.3 is 5.32 Å². The second-order valence-electron chi connectivity index (χ2n) is 6.04. The van der Waals surface area contributed by atoms with Gasteiger partial charge in [-0.1, -0.05) is 61.5 Å². The van der Waals surface area contributed by atoms with E-state index in [9.17, 15) is 4.79 Å². The molecule has 0 aromatic heterocycles. The molecule has 0 saturated carbocycles. The van der Waals surface area contributed by atoms with E-state index in [-0.39, 0.29) is 5.91 Å². The van der Waals surface area contributed by atoms with E-state index in [2.05, 4.69) is 55.6 Å². The summed E-state index contributed by atoms with van der Waals surface area (Å²) in [6.07, 6.45) is 2.67. The Labute approximate surface area is 133 Å². The third kappa shape index (κ3) is 5.36. The van der Waals surface area contributed by atoms with Crippen LogP contribution in [0.2, 0.25) is 0 Å². The SMILES string of the molecule is Cc1ccccc1CNC(=O)CC(C)CCc1ccccc1. The average molecular weight is 295 g/mol. The van der Waals surface area contributed by atoms with Crippen LogP contribution in [-0.4, -0.2) is 5.91 Å². The van der Waals surface area contributed by atoms with Crippen molar-refractivity contribution in [1.29, 1.82) is 0 Å². The molecule has 1 N–H and O–H groups in total. The quantitative estimate of drug-likeness (QED) is 0.812. The van der Waals surface area contributed by atoms with Gasteiger partial charge in [0.05, 0.1) is 0 Å². The van der Waals surface area contributed by atoms with Gasteiger partial charge in [-0.05, 0) is 42.4 Å². The molecule has 22 heavy (non-hydrogen) atoms. The van der Waals surface area contributed by atoms with Crippen molar-refractivity contribution in [3.05, 3.63) is 71.3 Å². The number of rotatable bonds is 7. The predicted octanol–water partition coefficient (Wildman–Crippen LogP) is 4.27. The smallest absolute Gasteiger partial charge is 0.220 e. The van der Waals surface area contributed by atoms with Crippen LogP contribution >= 0.6 is 0 Å². The Kier molecular flexibility index (Phi) is 6.20. The minimum atomic E-state index is 0.142. The average Bonchev–Trinajstić information content (AvgIpc) is 2.53. The summed E-state index contributed by atoms with van der Waals surface area (Å²) in [7, 11) is 0. The van der Waals surface area contributed by atoms with Gasteiger partial charge in [0.15, 0.2) is 0 Å². The van der Waals surface area contributed by atoms with Gasteiger partial charge in [0.1, 0.15) is 0 Å². The summed E-state index contributed by atoms with van der Waals surface area (Å²) < 4.78 is 0. The van der Waals surface area contributed by atoms with Crippen molar-refractivity contribution < 1.29 is 4.79 Å². The van der Waals surface area contributed by atoms with Crippen molar-refractivity contribution >= 4 is 5.91 Å². The van der Waals surface area contributed by atoms with Gasteiger partial charge in [0.2, 0.25) is 5.91 Å². The number of carbonyl (C=O) groups excluding carboxylic acids is 1. The van der Waals surface area contributed by atoms with Crippen LogP contribution in [-0.2, 0) is 17.8 Å². The van der Waals surface area contributed by atoms with E-state index in [0.29, 0.717) is 18.9 Å². The normalized spacial score (nSPS) is 11.9. The zero-order valence-corrected chi connectivity index (χ0v) is 13.5. The lowest BCUT2D eigenvalue weighted by atomic mass is 9.98. The molecule has 2 heteroatoms. The molecule has 0 radical (unpaired) electrons. The number of benzene rings is 2. The van der Waals surface area contributed by atoms with Crippen LogP contribution in [0.1, 0.15) is 36.5 Å². The second kappa shape index (κ2) is 8.38. The minimum Gasteiger partial charge on any atom is -0.352 e. The van der Waals surface area contributed by atoms with E-state index in [1.807, 2.05) is 18.2 Å². The molecule has 1 atom stereocenters. The summed E-state index contributed by atoms with van der Waals surface area (Å²) in [5.41, 5.74) is 3.75. The van der Waals surface area contributed by atoms with Crippen molar-refractivity contribution in [2.45, 2.75) is 39.7 Å². The van der Waals surface area contributed by atoms with Gasteiger partial charge in [0, 0.05) is 13.0 Å². The first-order chi connectivity index (χ1) is 10.6. The Morgan fingerprint density at radius 1 is 1.05 bits per heavy atom. The van der Waals surface area contributed by atoms with Crippen molar-refractivity contribution in [1.82, 2.24) is 5.32 Å². The van der Waals surface area contributed by atoms with Gasteiger partial charge in [-0.15, -0.1) is 0 Å². The first-order valence-corrected chi connectivity index (χ1v) is 8.00. The van der Waals surface area contributed by atoms with Gasteiger partial charge >= 0.3 is 0 Å². The topological polar surface area (TPSA) is 29.1 Å². The molecule has 0 heterocycles. The second-order valence-corrected chi connectivity index (χ2v) is 6.04. The van der Waals surface area contributed by atoms with Crippen LogP contribution < -0.4 is 5.32 Å². The standard InChI is InChI=1S/C20H25NO/c1-16(12-13-18-9-4-3-5-10-18)14-20(22)21-15-19-11-7-6-8-17(19)2/h3-11,16H,12-15H2,1-2H3,(H,21,22). The highest BCUT2D eigenvalue weighted by atomic mass is 16.1. The molecule has 0 fully saturated rings. The minimum absolute atomic E-state index is 0.142. The molecule has 1 unspecified atom stereocenters. The number of nitrogens with one attached hydrogen (secondary N) is 1. The van der Waals surface area contributed by atoms with Gasteiger partial charge in [-0.2, -0.15) is 0 Å². The Morgan fingerprint density at radius 3 is 2.45 bits per heavy atom. The van der Waals surface area contributed by atoms with E-state index >= 15 is 0 Å². The molecule has 0 spiro atoms. The van der Waals surface area contributed by atoms with Crippen LogP contribution in [0.5, 0.6) is 0 Å². The Hall–Kier alpha value is -2.09. The predicted molar refractivity (Wildman–Crippen MR) is 91.6 cm³/mol. The number of aryl methyl sites for hydroxylation is 2. The molecule has 0 saturated heterocycles. The maximum Gasteiger partial charge on any atom is 0.220 e. The first-order valence-electron chi connectivity index (χ1n) is 8.00. The molecule has 0 aliphatic rings. The first kappa shape index (κ1) is 16.3. The molecule has 0 bridgehead atoms. The molecule has 0 aliphatic heterocycles. The zero-order chi connectivity index (χ0) is 15.8. The van der Waals surface area contributed by atoms with Crippen molar-refractivity contribution in [2.24, 2.45) is 5.92 Å². The third-order valence-electron chi connectivity index (χ3n) is 4.04. The number of amides is 1. The van der Waals surface area contributed by atoms with Crippen LogP contribution in [0.4, 0.5) is 0 Å². The monoisotopic (exact) mass is 295 g/mol. The molecule has 2 aromatic carbocycles. The fourth-order valence-corrected chi connectivity index (χ4v) is 2.55. The molecule has 2 rings (SSSR count). The zero-order valence-electron chi connectivity index (χ0n) is 13.5. The molecule has 116 valence electrons. The number of hydrogen-bond acceptors (Lipinski definition) is 1. The number of carbonyl (C=O) groups is 1. The summed E-state index contributed by atoms with van der Waals surface area (Å²) >= 11 is 0. The van der Waals surface area contributed by atoms with Crippen molar-refractivity contribution in [3.8, 4) is 0 Å². The molecular formula is C20H25NO. The van der Waals surface area contributed by atoms with E-state index in [0.717, 1.165) is 12.8 Å². The fourth-order valence-electron chi connectivity index (χ4n) is 2.55. The molecule has 1 amide bonds. The van der Waals surface area contributed by atoms with Crippen LogP contribution in [0, 0.1) is 12.8 Å². The lowest BCUT2D eigenvalue weighted by molar-refractivity contribution is -0.122. The van der Waals surface area contributed by atoms with E-state index in [1.54, 1.807) is 0 Å². The highest BCUT2D eigenvalue weighted by Crippen LogP contribution is 2.13. The van der Waals surface area contributed by atoms with E-state index in [1.165, 1.54) is 16.7 Å². The Bertz CT molecular complexity index is 592. The van der Waals surface area contributed by atoms with E-state index < -0.39 is 0 Å². The molecule has 0 aliphatic carbocycles. The maximum atomic E-state index is 12.0. The molecule has 2 aromatic rings. The van der Waals surface area contributed by atoms with Crippen molar-refractivity contribution in [2.75, 3.05) is 0 Å². The summed E-state index contributed by atoms with van der Waals surface area (Å²) in [5, 5.41) is 3.03. The highest BCUT2D eigenvalue weighted by molar-refractivity contribution is 5.76.